The van der Waals surface area contributed by atoms with Crippen LogP contribution in [0.4, 0.5) is 5.82 Å². The molecule has 102 valence electrons. The van der Waals surface area contributed by atoms with E-state index < -0.39 is 0 Å². The lowest BCUT2D eigenvalue weighted by Crippen LogP contribution is -2.29. The van der Waals surface area contributed by atoms with Crippen molar-refractivity contribution in [3.8, 4) is 0 Å². The van der Waals surface area contributed by atoms with Crippen molar-refractivity contribution in [1.29, 1.82) is 0 Å². The van der Waals surface area contributed by atoms with Crippen LogP contribution in [0.25, 0.3) is 0 Å². The third-order valence-corrected chi connectivity index (χ3v) is 3.07. The first kappa shape index (κ1) is 15.0. The summed E-state index contributed by atoms with van der Waals surface area (Å²) in [6.07, 6.45) is 5.22. The molecular weight excluding hydrogens is 250 g/mol. The number of hydrogen-bond donors (Lipinski definition) is 1. The molecular formula is C13H22ClN3O. The van der Waals surface area contributed by atoms with E-state index in [1.165, 1.54) is 0 Å². The molecule has 18 heavy (non-hydrogen) atoms. The van der Waals surface area contributed by atoms with E-state index in [2.05, 4.69) is 24.1 Å². The predicted octanol–water partition coefficient (Wildman–Crippen LogP) is 2.72. The van der Waals surface area contributed by atoms with Crippen LogP contribution in [0.3, 0.4) is 0 Å². The molecule has 0 spiro atoms. The topological polar surface area (TPSA) is 46.9 Å². The number of nitrogens with zero attached hydrogens (tertiary/aromatic N) is 2. The SMILES string of the molecule is CCCn1ccnc(NCC(C)(C)CCCl)c1=O. The van der Waals surface area contributed by atoms with Gasteiger partial charge in [-0.25, -0.2) is 4.98 Å². The van der Waals surface area contributed by atoms with Gasteiger partial charge in [0.1, 0.15) is 0 Å². The van der Waals surface area contributed by atoms with E-state index in [0.717, 1.165) is 19.4 Å². The lowest BCUT2D eigenvalue weighted by Gasteiger charge is -2.23. The molecule has 5 heteroatoms. The average molecular weight is 272 g/mol. The molecule has 0 aliphatic carbocycles. The molecule has 1 aromatic heterocycles. The summed E-state index contributed by atoms with van der Waals surface area (Å²) in [5.74, 6) is 1.05. The zero-order valence-electron chi connectivity index (χ0n) is 11.4. The van der Waals surface area contributed by atoms with Crippen LogP contribution < -0.4 is 10.9 Å². The van der Waals surface area contributed by atoms with Gasteiger partial charge in [0.15, 0.2) is 5.82 Å². The number of aryl methyl sites for hydroxylation is 1. The summed E-state index contributed by atoms with van der Waals surface area (Å²) in [6.45, 7) is 7.70. The van der Waals surface area contributed by atoms with Gasteiger partial charge in [-0.15, -0.1) is 11.6 Å². The molecule has 0 atom stereocenters. The number of nitrogens with one attached hydrogen (secondary N) is 1. The van der Waals surface area contributed by atoms with Gasteiger partial charge in [0.2, 0.25) is 0 Å². The summed E-state index contributed by atoms with van der Waals surface area (Å²) >= 11 is 5.76. The van der Waals surface area contributed by atoms with Gasteiger partial charge < -0.3 is 9.88 Å². The van der Waals surface area contributed by atoms with Gasteiger partial charge >= 0.3 is 0 Å². The number of halogens is 1. The summed E-state index contributed by atoms with van der Waals surface area (Å²) in [5, 5.41) is 3.13. The molecule has 0 saturated carbocycles. The largest absolute Gasteiger partial charge is 0.365 e. The molecule has 0 saturated heterocycles. The summed E-state index contributed by atoms with van der Waals surface area (Å²) in [4.78, 5) is 16.2. The van der Waals surface area contributed by atoms with Gasteiger partial charge in [0.05, 0.1) is 0 Å². The molecule has 4 nitrogen and oxygen atoms in total. The molecule has 0 amide bonds. The van der Waals surface area contributed by atoms with Crippen molar-refractivity contribution in [1.82, 2.24) is 9.55 Å². The van der Waals surface area contributed by atoms with Crippen molar-refractivity contribution < 1.29 is 0 Å². The summed E-state index contributed by atoms with van der Waals surface area (Å²) in [7, 11) is 0. The predicted molar refractivity (Wildman–Crippen MR) is 76.4 cm³/mol. The van der Waals surface area contributed by atoms with Crippen LogP contribution in [-0.2, 0) is 6.54 Å². The minimum absolute atomic E-state index is 0.0546. The molecule has 1 N–H and O–H groups in total. The Morgan fingerprint density at radius 1 is 1.50 bits per heavy atom. The van der Waals surface area contributed by atoms with Crippen LogP contribution in [-0.4, -0.2) is 22.0 Å². The highest BCUT2D eigenvalue weighted by atomic mass is 35.5. The minimum Gasteiger partial charge on any atom is -0.365 e. The smallest absolute Gasteiger partial charge is 0.293 e. The Morgan fingerprint density at radius 3 is 2.83 bits per heavy atom. The van der Waals surface area contributed by atoms with Gasteiger partial charge in [-0.1, -0.05) is 20.8 Å². The average Bonchev–Trinajstić information content (AvgIpc) is 2.30. The first-order valence-electron chi connectivity index (χ1n) is 6.35. The van der Waals surface area contributed by atoms with Crippen molar-refractivity contribution in [2.75, 3.05) is 17.7 Å². The first-order valence-corrected chi connectivity index (χ1v) is 6.89. The number of rotatable bonds is 7. The molecule has 0 bridgehead atoms. The monoisotopic (exact) mass is 271 g/mol. The summed E-state index contributed by atoms with van der Waals surface area (Å²) < 4.78 is 1.68. The van der Waals surface area contributed by atoms with Gasteiger partial charge in [0.25, 0.3) is 5.56 Å². The Labute approximate surface area is 113 Å². The molecule has 0 aliphatic heterocycles. The van der Waals surface area contributed by atoms with Gasteiger partial charge in [-0.3, -0.25) is 4.79 Å². The molecule has 1 rings (SSSR count). The minimum atomic E-state index is -0.0546. The van der Waals surface area contributed by atoms with Crippen molar-refractivity contribution in [3.63, 3.8) is 0 Å². The number of anilines is 1. The van der Waals surface area contributed by atoms with E-state index in [9.17, 15) is 4.79 Å². The van der Waals surface area contributed by atoms with Crippen molar-refractivity contribution >= 4 is 17.4 Å². The van der Waals surface area contributed by atoms with E-state index in [1.807, 2.05) is 6.92 Å². The zero-order valence-corrected chi connectivity index (χ0v) is 12.1. The van der Waals surface area contributed by atoms with Crippen LogP contribution in [0.15, 0.2) is 17.2 Å². The lowest BCUT2D eigenvalue weighted by atomic mass is 9.90. The molecule has 0 fully saturated rings. The Balaban J connectivity index is 2.74. The molecule has 0 unspecified atom stereocenters. The molecule has 0 aromatic carbocycles. The number of hydrogen-bond acceptors (Lipinski definition) is 3. The van der Waals surface area contributed by atoms with Crippen LogP contribution in [0.2, 0.25) is 0 Å². The van der Waals surface area contributed by atoms with Crippen LogP contribution in [0.5, 0.6) is 0 Å². The van der Waals surface area contributed by atoms with Crippen molar-refractivity contribution in [2.24, 2.45) is 5.41 Å². The van der Waals surface area contributed by atoms with E-state index in [0.29, 0.717) is 18.2 Å². The third-order valence-electron chi connectivity index (χ3n) is 2.88. The lowest BCUT2D eigenvalue weighted by molar-refractivity contribution is 0.378. The summed E-state index contributed by atoms with van der Waals surface area (Å²) in [6, 6.07) is 0. The summed E-state index contributed by atoms with van der Waals surface area (Å²) in [5.41, 5.74) is 0.00224. The molecule has 1 aromatic rings. The van der Waals surface area contributed by atoms with Crippen molar-refractivity contribution in [2.45, 2.75) is 40.2 Å². The van der Waals surface area contributed by atoms with Gasteiger partial charge in [0, 0.05) is 31.4 Å². The van der Waals surface area contributed by atoms with Crippen molar-refractivity contribution in [3.05, 3.63) is 22.7 Å². The quantitative estimate of drug-likeness (QED) is 0.776. The molecule has 0 aliphatic rings. The highest BCUT2D eigenvalue weighted by molar-refractivity contribution is 6.17. The standard InChI is InChI=1S/C13H22ClN3O/c1-4-8-17-9-7-15-11(12(17)18)16-10-13(2,3)5-6-14/h7,9H,4-6,8,10H2,1-3H3,(H,15,16). The van der Waals surface area contributed by atoms with Crippen LogP contribution in [0, 0.1) is 5.41 Å². The van der Waals surface area contributed by atoms with Gasteiger partial charge in [-0.05, 0) is 18.3 Å². The Hall–Kier alpha value is -1.03. The fourth-order valence-electron chi connectivity index (χ4n) is 1.65. The highest BCUT2D eigenvalue weighted by Crippen LogP contribution is 2.20. The normalized spacial score (nSPS) is 11.6. The fourth-order valence-corrected chi connectivity index (χ4v) is 2.16. The second-order valence-electron chi connectivity index (χ2n) is 5.23. The fraction of sp³-hybridized carbons (Fsp3) is 0.692. The number of aromatic nitrogens is 2. The Bertz CT molecular complexity index is 428. The third kappa shape index (κ3) is 4.33. The van der Waals surface area contributed by atoms with Crippen LogP contribution in [0.1, 0.15) is 33.6 Å². The van der Waals surface area contributed by atoms with E-state index in [1.54, 1.807) is 17.0 Å². The van der Waals surface area contributed by atoms with E-state index in [4.69, 9.17) is 11.6 Å². The zero-order chi connectivity index (χ0) is 13.6. The molecule has 0 radical (unpaired) electrons. The van der Waals surface area contributed by atoms with E-state index >= 15 is 0 Å². The van der Waals surface area contributed by atoms with Gasteiger partial charge in [-0.2, -0.15) is 0 Å². The molecule has 1 heterocycles. The number of alkyl halides is 1. The Kier molecular flexibility index (Phi) is 5.66. The Morgan fingerprint density at radius 2 is 2.22 bits per heavy atom. The maximum absolute atomic E-state index is 12.0. The maximum atomic E-state index is 12.0. The second-order valence-corrected chi connectivity index (χ2v) is 5.61. The highest BCUT2D eigenvalue weighted by Gasteiger charge is 2.17. The second kappa shape index (κ2) is 6.78. The van der Waals surface area contributed by atoms with E-state index in [-0.39, 0.29) is 11.0 Å². The first-order chi connectivity index (χ1) is 8.50. The maximum Gasteiger partial charge on any atom is 0.293 e. The van der Waals surface area contributed by atoms with Crippen LogP contribution >= 0.6 is 11.6 Å².